The van der Waals surface area contributed by atoms with Crippen LogP contribution in [0.5, 0.6) is 0 Å². The van der Waals surface area contributed by atoms with Gasteiger partial charge in [0.25, 0.3) is 0 Å². The van der Waals surface area contributed by atoms with Gasteiger partial charge in [-0.1, -0.05) is 48.5 Å². The summed E-state index contributed by atoms with van der Waals surface area (Å²) >= 11 is 0. The fraction of sp³-hybridized carbons (Fsp3) is 0.348. The van der Waals surface area contributed by atoms with E-state index in [2.05, 4.69) is 29.6 Å². The molecule has 2 amide bonds. The fourth-order valence-electron chi connectivity index (χ4n) is 4.39. The first-order valence-corrected chi connectivity index (χ1v) is 10.2. The van der Waals surface area contributed by atoms with Crippen LogP contribution in [0.4, 0.5) is 4.79 Å². The molecule has 0 spiro atoms. The molecule has 1 aliphatic heterocycles. The lowest BCUT2D eigenvalue weighted by Crippen LogP contribution is -2.41. The molecular weight excluding hydrogens is 384 g/mol. The SMILES string of the molecule is O=C(NCCC(=O)N1CCC[C@@H]1C(=O)O)OCC1c2ccccc2-c2ccccc21. The summed E-state index contributed by atoms with van der Waals surface area (Å²) in [5.74, 6) is -1.27. The maximum absolute atomic E-state index is 12.3. The first kappa shape index (κ1) is 19.9. The molecule has 2 aromatic carbocycles. The van der Waals surface area contributed by atoms with E-state index in [0.717, 1.165) is 22.3 Å². The maximum atomic E-state index is 12.3. The molecule has 7 nitrogen and oxygen atoms in total. The van der Waals surface area contributed by atoms with E-state index in [1.807, 2.05) is 24.3 Å². The van der Waals surface area contributed by atoms with Crippen LogP contribution in [0.15, 0.2) is 48.5 Å². The molecule has 1 fully saturated rings. The third kappa shape index (κ3) is 3.87. The van der Waals surface area contributed by atoms with Crippen LogP contribution in [0, 0.1) is 0 Å². The van der Waals surface area contributed by atoms with Crippen LogP contribution in [0.25, 0.3) is 11.1 Å². The molecule has 1 aliphatic carbocycles. The lowest BCUT2D eigenvalue weighted by atomic mass is 9.98. The summed E-state index contributed by atoms with van der Waals surface area (Å²) in [4.78, 5) is 37.0. The number of alkyl carbamates (subject to hydrolysis) is 1. The highest BCUT2D eigenvalue weighted by Crippen LogP contribution is 2.44. The number of amides is 2. The Labute approximate surface area is 174 Å². The monoisotopic (exact) mass is 408 g/mol. The van der Waals surface area contributed by atoms with Gasteiger partial charge in [0, 0.05) is 25.4 Å². The summed E-state index contributed by atoms with van der Waals surface area (Å²) < 4.78 is 5.44. The standard InChI is InChI=1S/C23H24N2O5/c26-21(25-13-5-10-20(25)22(27)28)11-12-24-23(29)30-14-19-17-8-3-1-6-15(17)16-7-2-4-9-18(16)19/h1-4,6-9,19-20H,5,10-14H2,(H,24,29)(H,27,28)/t20-/m1/s1. The number of rotatable bonds is 6. The summed E-state index contributed by atoms with van der Waals surface area (Å²) in [6.07, 6.45) is 0.623. The summed E-state index contributed by atoms with van der Waals surface area (Å²) in [6.45, 7) is 0.764. The summed E-state index contributed by atoms with van der Waals surface area (Å²) in [7, 11) is 0. The number of likely N-dealkylation sites (tertiary alicyclic amines) is 1. The highest BCUT2D eigenvalue weighted by molar-refractivity contribution is 5.84. The third-order valence-electron chi connectivity index (χ3n) is 5.81. The molecule has 156 valence electrons. The average molecular weight is 408 g/mol. The van der Waals surface area contributed by atoms with E-state index in [-0.39, 0.29) is 31.4 Å². The summed E-state index contributed by atoms with van der Waals surface area (Å²) in [5, 5.41) is 11.8. The van der Waals surface area contributed by atoms with E-state index < -0.39 is 18.1 Å². The number of hydrogen-bond donors (Lipinski definition) is 2. The van der Waals surface area contributed by atoms with Crippen LogP contribution in [0.1, 0.15) is 36.3 Å². The molecule has 0 radical (unpaired) electrons. The molecule has 2 aliphatic rings. The highest BCUT2D eigenvalue weighted by Gasteiger charge is 2.33. The summed E-state index contributed by atoms with van der Waals surface area (Å²) in [5.41, 5.74) is 4.59. The number of benzene rings is 2. The number of carbonyl (C=O) groups excluding carboxylic acids is 2. The smallest absolute Gasteiger partial charge is 0.407 e. The van der Waals surface area contributed by atoms with Gasteiger partial charge in [-0.25, -0.2) is 9.59 Å². The second-order valence-electron chi connectivity index (χ2n) is 7.59. The zero-order valence-corrected chi connectivity index (χ0v) is 16.5. The second-order valence-corrected chi connectivity index (χ2v) is 7.59. The predicted octanol–water partition coefficient (Wildman–Crippen LogP) is 2.99. The van der Waals surface area contributed by atoms with Crippen LogP contribution in [-0.2, 0) is 14.3 Å². The molecule has 0 bridgehead atoms. The minimum Gasteiger partial charge on any atom is -0.480 e. The molecule has 0 saturated carbocycles. The molecule has 2 aromatic rings. The number of fused-ring (bicyclic) bond motifs is 3. The van der Waals surface area contributed by atoms with E-state index in [0.29, 0.717) is 19.4 Å². The zero-order valence-electron chi connectivity index (χ0n) is 16.5. The topological polar surface area (TPSA) is 95.9 Å². The lowest BCUT2D eigenvalue weighted by molar-refractivity contribution is -0.148. The van der Waals surface area contributed by atoms with Crippen molar-refractivity contribution in [1.29, 1.82) is 0 Å². The number of carboxylic acids is 1. The van der Waals surface area contributed by atoms with Gasteiger partial charge in [0.05, 0.1) is 0 Å². The van der Waals surface area contributed by atoms with Crippen molar-refractivity contribution < 1.29 is 24.2 Å². The van der Waals surface area contributed by atoms with Gasteiger partial charge in [0.15, 0.2) is 0 Å². The van der Waals surface area contributed by atoms with Gasteiger partial charge in [0.2, 0.25) is 5.91 Å². The Morgan fingerprint density at radius 1 is 1.03 bits per heavy atom. The first-order chi connectivity index (χ1) is 14.6. The number of nitrogens with zero attached hydrogens (tertiary/aromatic N) is 1. The van der Waals surface area contributed by atoms with E-state index >= 15 is 0 Å². The zero-order chi connectivity index (χ0) is 21.1. The molecule has 1 saturated heterocycles. The van der Waals surface area contributed by atoms with Crippen molar-refractivity contribution in [1.82, 2.24) is 10.2 Å². The predicted molar refractivity (Wildman–Crippen MR) is 110 cm³/mol. The van der Waals surface area contributed by atoms with Gasteiger partial charge in [-0.3, -0.25) is 4.79 Å². The van der Waals surface area contributed by atoms with Crippen molar-refractivity contribution in [3.05, 3.63) is 59.7 Å². The number of ether oxygens (including phenoxy) is 1. The molecule has 1 heterocycles. The van der Waals surface area contributed by atoms with Crippen LogP contribution in [-0.4, -0.2) is 53.7 Å². The maximum Gasteiger partial charge on any atom is 0.407 e. The molecule has 30 heavy (non-hydrogen) atoms. The second kappa shape index (κ2) is 8.57. The minimum absolute atomic E-state index is 0.0225. The molecule has 0 aromatic heterocycles. The Balaban J connectivity index is 1.29. The lowest BCUT2D eigenvalue weighted by Gasteiger charge is -2.21. The number of hydrogen-bond acceptors (Lipinski definition) is 4. The normalized spacial score (nSPS) is 17.3. The van der Waals surface area contributed by atoms with Crippen molar-refractivity contribution in [3.63, 3.8) is 0 Å². The van der Waals surface area contributed by atoms with E-state index in [1.165, 1.54) is 4.90 Å². The van der Waals surface area contributed by atoms with Crippen LogP contribution in [0.2, 0.25) is 0 Å². The van der Waals surface area contributed by atoms with Gasteiger partial charge < -0.3 is 20.1 Å². The van der Waals surface area contributed by atoms with E-state index in [1.54, 1.807) is 0 Å². The van der Waals surface area contributed by atoms with Gasteiger partial charge in [0.1, 0.15) is 12.6 Å². The van der Waals surface area contributed by atoms with Gasteiger partial charge >= 0.3 is 12.1 Å². The summed E-state index contributed by atoms with van der Waals surface area (Å²) in [6, 6.07) is 15.4. The third-order valence-corrected chi connectivity index (χ3v) is 5.81. The quantitative estimate of drug-likeness (QED) is 0.766. The largest absolute Gasteiger partial charge is 0.480 e. The Morgan fingerprint density at radius 3 is 2.30 bits per heavy atom. The Morgan fingerprint density at radius 2 is 1.67 bits per heavy atom. The Bertz CT molecular complexity index is 928. The first-order valence-electron chi connectivity index (χ1n) is 10.2. The van der Waals surface area contributed by atoms with Crippen LogP contribution >= 0.6 is 0 Å². The molecule has 1 atom stereocenters. The molecule has 7 heteroatoms. The molecular formula is C23H24N2O5. The molecule has 0 unspecified atom stereocenters. The number of carbonyl (C=O) groups is 3. The van der Waals surface area contributed by atoms with Crippen LogP contribution in [0.3, 0.4) is 0 Å². The number of carboxylic acid groups (broad SMARTS) is 1. The number of nitrogens with one attached hydrogen (secondary N) is 1. The molecule has 2 N–H and O–H groups in total. The van der Waals surface area contributed by atoms with Gasteiger partial charge in [-0.15, -0.1) is 0 Å². The van der Waals surface area contributed by atoms with Crippen molar-refractivity contribution in [2.75, 3.05) is 19.7 Å². The highest BCUT2D eigenvalue weighted by atomic mass is 16.5. The molecule has 4 rings (SSSR count). The van der Waals surface area contributed by atoms with E-state index in [4.69, 9.17) is 4.74 Å². The van der Waals surface area contributed by atoms with Crippen molar-refractivity contribution in [3.8, 4) is 11.1 Å². The van der Waals surface area contributed by atoms with E-state index in [9.17, 15) is 19.5 Å². The van der Waals surface area contributed by atoms with Gasteiger partial charge in [-0.05, 0) is 35.1 Å². The Hall–Kier alpha value is -3.35. The van der Waals surface area contributed by atoms with Crippen molar-refractivity contribution >= 4 is 18.0 Å². The average Bonchev–Trinajstić information content (AvgIpc) is 3.36. The minimum atomic E-state index is -0.981. The van der Waals surface area contributed by atoms with Gasteiger partial charge in [-0.2, -0.15) is 0 Å². The van der Waals surface area contributed by atoms with Crippen molar-refractivity contribution in [2.45, 2.75) is 31.2 Å². The Kier molecular flexibility index (Phi) is 5.70. The number of aliphatic carboxylic acids is 1. The van der Waals surface area contributed by atoms with Crippen molar-refractivity contribution in [2.24, 2.45) is 0 Å². The van der Waals surface area contributed by atoms with Crippen LogP contribution < -0.4 is 5.32 Å². The fourth-order valence-corrected chi connectivity index (χ4v) is 4.39.